The Morgan fingerprint density at radius 3 is 2.55 bits per heavy atom. The number of benzene rings is 1. The van der Waals surface area contributed by atoms with Crippen LogP contribution in [-0.4, -0.2) is 58.9 Å². The molecular formula is C20H28ClN5O2S. The van der Waals surface area contributed by atoms with Gasteiger partial charge in [0.25, 0.3) is 5.91 Å². The van der Waals surface area contributed by atoms with Crippen molar-refractivity contribution in [2.24, 2.45) is 0 Å². The van der Waals surface area contributed by atoms with Gasteiger partial charge in [-0.2, -0.15) is 5.10 Å². The molecule has 7 nitrogen and oxygen atoms in total. The Hall–Kier alpha value is -2.16. The van der Waals surface area contributed by atoms with Crippen LogP contribution in [-0.2, 0) is 6.54 Å². The lowest BCUT2D eigenvalue weighted by molar-refractivity contribution is 0.0978. The summed E-state index contributed by atoms with van der Waals surface area (Å²) in [5, 5.41) is 5.06. The SMILES string of the molecule is CCN(CC)CCN(C(=O)c1ccn(CC)n1)c1nc2c(OC)cccc2s1.Cl. The zero-order chi connectivity index (χ0) is 20.1. The predicted octanol–water partition coefficient (Wildman–Crippen LogP) is 3.93. The molecule has 158 valence electrons. The van der Waals surface area contributed by atoms with Gasteiger partial charge in [0, 0.05) is 25.8 Å². The highest BCUT2D eigenvalue weighted by atomic mass is 35.5. The van der Waals surface area contributed by atoms with Crippen molar-refractivity contribution in [2.75, 3.05) is 38.2 Å². The maximum absolute atomic E-state index is 13.3. The maximum atomic E-state index is 13.3. The standard InChI is InChI=1S/C20H27N5O2S.ClH/c1-5-23(6-2)13-14-25(19(26)15-11-12-24(7-3)22-15)20-21-18-16(27-4)9-8-10-17(18)28-20;/h8-12H,5-7,13-14H2,1-4H3;1H. The Kier molecular flexibility index (Phi) is 8.43. The van der Waals surface area contributed by atoms with Gasteiger partial charge in [-0.25, -0.2) is 4.98 Å². The van der Waals surface area contributed by atoms with E-state index in [-0.39, 0.29) is 18.3 Å². The second kappa shape index (κ2) is 10.6. The first-order valence-electron chi connectivity index (χ1n) is 9.62. The van der Waals surface area contributed by atoms with E-state index in [4.69, 9.17) is 9.72 Å². The zero-order valence-electron chi connectivity index (χ0n) is 17.3. The minimum Gasteiger partial charge on any atom is -0.494 e. The third-order valence-electron chi connectivity index (χ3n) is 4.78. The number of carbonyl (C=O) groups is 1. The number of methoxy groups -OCH3 is 1. The molecule has 0 spiro atoms. The van der Waals surface area contributed by atoms with Gasteiger partial charge in [0.2, 0.25) is 0 Å². The number of hydrogen-bond donors (Lipinski definition) is 0. The smallest absolute Gasteiger partial charge is 0.280 e. The summed E-state index contributed by atoms with van der Waals surface area (Å²) in [5.74, 6) is 0.587. The molecule has 2 heterocycles. The molecule has 2 aromatic heterocycles. The summed E-state index contributed by atoms with van der Waals surface area (Å²) >= 11 is 1.50. The molecule has 3 rings (SSSR count). The number of likely N-dealkylation sites (N-methyl/N-ethyl adjacent to an activating group) is 1. The number of hydrogen-bond acceptors (Lipinski definition) is 6. The Labute approximate surface area is 181 Å². The van der Waals surface area contributed by atoms with Gasteiger partial charge in [-0.05, 0) is 38.2 Å². The van der Waals surface area contributed by atoms with Crippen molar-refractivity contribution < 1.29 is 9.53 Å². The number of aryl methyl sites for hydroxylation is 1. The number of thiazole rings is 1. The number of ether oxygens (including phenoxy) is 1. The molecule has 29 heavy (non-hydrogen) atoms. The Bertz CT molecular complexity index is 938. The van der Waals surface area contributed by atoms with Crippen LogP contribution < -0.4 is 9.64 Å². The lowest BCUT2D eigenvalue weighted by Gasteiger charge is -2.24. The van der Waals surface area contributed by atoms with Crippen LogP contribution in [0.1, 0.15) is 31.3 Å². The van der Waals surface area contributed by atoms with E-state index in [1.165, 1.54) is 11.3 Å². The highest BCUT2D eigenvalue weighted by molar-refractivity contribution is 7.22. The summed E-state index contributed by atoms with van der Waals surface area (Å²) < 4.78 is 8.19. The second-order valence-corrected chi connectivity index (χ2v) is 7.35. The average Bonchev–Trinajstić information content (AvgIpc) is 3.37. The van der Waals surface area contributed by atoms with Gasteiger partial charge < -0.3 is 9.64 Å². The first kappa shape index (κ1) is 23.1. The second-order valence-electron chi connectivity index (χ2n) is 6.34. The van der Waals surface area contributed by atoms with Crippen LogP contribution in [0, 0.1) is 0 Å². The number of halogens is 1. The van der Waals surface area contributed by atoms with Crippen molar-refractivity contribution in [2.45, 2.75) is 27.3 Å². The van der Waals surface area contributed by atoms with Crippen molar-refractivity contribution in [1.82, 2.24) is 19.7 Å². The number of carbonyl (C=O) groups excluding carboxylic acids is 1. The Balaban J connectivity index is 0.00000300. The largest absolute Gasteiger partial charge is 0.494 e. The van der Waals surface area contributed by atoms with E-state index in [2.05, 4.69) is 23.8 Å². The van der Waals surface area contributed by atoms with Crippen molar-refractivity contribution in [3.63, 3.8) is 0 Å². The highest BCUT2D eigenvalue weighted by Crippen LogP contribution is 2.34. The summed E-state index contributed by atoms with van der Waals surface area (Å²) in [6.45, 7) is 10.2. The molecule has 0 N–H and O–H groups in total. The van der Waals surface area contributed by atoms with Crippen molar-refractivity contribution in [1.29, 1.82) is 0 Å². The van der Waals surface area contributed by atoms with E-state index in [1.54, 1.807) is 22.8 Å². The van der Waals surface area contributed by atoms with E-state index in [0.717, 1.165) is 36.4 Å². The summed E-state index contributed by atoms with van der Waals surface area (Å²) in [5.41, 5.74) is 1.22. The van der Waals surface area contributed by atoms with Crippen LogP contribution in [0.25, 0.3) is 10.2 Å². The fourth-order valence-corrected chi connectivity index (χ4v) is 4.05. The highest BCUT2D eigenvalue weighted by Gasteiger charge is 2.24. The maximum Gasteiger partial charge on any atom is 0.280 e. The molecule has 0 saturated carbocycles. The number of fused-ring (bicyclic) bond motifs is 1. The molecule has 1 amide bonds. The van der Waals surface area contributed by atoms with E-state index >= 15 is 0 Å². The number of rotatable bonds is 9. The first-order chi connectivity index (χ1) is 13.6. The van der Waals surface area contributed by atoms with Crippen LogP contribution in [0.2, 0.25) is 0 Å². The quantitative estimate of drug-likeness (QED) is 0.507. The molecule has 0 fully saturated rings. The molecule has 0 saturated heterocycles. The fourth-order valence-electron chi connectivity index (χ4n) is 3.05. The van der Waals surface area contributed by atoms with Gasteiger partial charge in [0.1, 0.15) is 11.3 Å². The average molecular weight is 438 g/mol. The lowest BCUT2D eigenvalue weighted by atomic mass is 10.3. The van der Waals surface area contributed by atoms with Gasteiger partial charge in [-0.15, -0.1) is 12.4 Å². The van der Waals surface area contributed by atoms with Crippen LogP contribution in [0.15, 0.2) is 30.5 Å². The molecule has 3 aromatic rings. The molecule has 0 aliphatic carbocycles. The van der Waals surface area contributed by atoms with Gasteiger partial charge in [-0.1, -0.05) is 31.3 Å². The molecule has 0 aliphatic rings. The molecular weight excluding hydrogens is 410 g/mol. The normalized spacial score (nSPS) is 10.9. The molecule has 0 aliphatic heterocycles. The van der Waals surface area contributed by atoms with Crippen LogP contribution in [0.4, 0.5) is 5.13 Å². The third-order valence-corrected chi connectivity index (χ3v) is 5.83. The van der Waals surface area contributed by atoms with Crippen molar-refractivity contribution in [3.8, 4) is 5.75 Å². The Morgan fingerprint density at radius 1 is 1.17 bits per heavy atom. The molecule has 0 atom stereocenters. The van der Waals surface area contributed by atoms with Crippen molar-refractivity contribution in [3.05, 3.63) is 36.2 Å². The zero-order valence-corrected chi connectivity index (χ0v) is 18.9. The number of anilines is 1. The van der Waals surface area contributed by atoms with E-state index in [9.17, 15) is 4.79 Å². The number of amides is 1. The Morgan fingerprint density at radius 2 is 1.93 bits per heavy atom. The first-order valence-corrected chi connectivity index (χ1v) is 10.4. The van der Waals surface area contributed by atoms with Crippen LogP contribution in [0.5, 0.6) is 5.75 Å². The minimum atomic E-state index is -0.127. The summed E-state index contributed by atoms with van der Waals surface area (Å²) in [6, 6.07) is 7.59. The topological polar surface area (TPSA) is 63.5 Å². The molecule has 0 unspecified atom stereocenters. The number of aromatic nitrogens is 3. The van der Waals surface area contributed by atoms with Crippen LogP contribution in [0.3, 0.4) is 0 Å². The number of nitrogens with zero attached hydrogens (tertiary/aromatic N) is 5. The monoisotopic (exact) mass is 437 g/mol. The van der Waals surface area contributed by atoms with Gasteiger partial charge in [0.15, 0.2) is 10.8 Å². The molecule has 9 heteroatoms. The lowest BCUT2D eigenvalue weighted by Crippen LogP contribution is -2.39. The summed E-state index contributed by atoms with van der Waals surface area (Å²) in [4.78, 5) is 22.0. The fraction of sp³-hybridized carbons (Fsp3) is 0.450. The molecule has 0 bridgehead atoms. The number of para-hydroxylation sites is 1. The predicted molar refractivity (Wildman–Crippen MR) is 121 cm³/mol. The van der Waals surface area contributed by atoms with Gasteiger partial charge >= 0.3 is 0 Å². The van der Waals surface area contributed by atoms with E-state index < -0.39 is 0 Å². The van der Waals surface area contributed by atoms with Crippen LogP contribution >= 0.6 is 23.7 Å². The molecule has 0 radical (unpaired) electrons. The van der Waals surface area contributed by atoms with E-state index in [1.807, 2.05) is 31.3 Å². The summed E-state index contributed by atoms with van der Waals surface area (Å²) in [6.07, 6.45) is 1.83. The van der Waals surface area contributed by atoms with Crippen molar-refractivity contribution >= 4 is 45.0 Å². The van der Waals surface area contributed by atoms with E-state index in [0.29, 0.717) is 23.1 Å². The molecule has 1 aromatic carbocycles. The summed E-state index contributed by atoms with van der Waals surface area (Å²) in [7, 11) is 1.63. The van der Waals surface area contributed by atoms with Gasteiger partial charge in [-0.3, -0.25) is 14.4 Å². The third kappa shape index (κ3) is 5.07. The minimum absolute atomic E-state index is 0. The van der Waals surface area contributed by atoms with Gasteiger partial charge in [0.05, 0.1) is 11.8 Å².